The van der Waals surface area contributed by atoms with E-state index in [1.165, 1.54) is 66.7 Å². The highest BCUT2D eigenvalue weighted by Crippen LogP contribution is 2.57. The molecule has 4 bridgehead atoms. The molecule has 188 valence electrons. The Bertz CT molecular complexity index is 1250. The van der Waals surface area contributed by atoms with Crippen LogP contribution in [-0.2, 0) is 6.42 Å². The average Bonchev–Trinajstić information content (AvgIpc) is 3.64. The van der Waals surface area contributed by atoms with Crippen molar-refractivity contribution >= 4 is 17.0 Å². The van der Waals surface area contributed by atoms with Crippen molar-refractivity contribution < 1.29 is 4.74 Å². The molecule has 0 radical (unpaired) electrons. The number of ether oxygens (including phenoxy) is 1. The van der Waals surface area contributed by atoms with E-state index in [-0.39, 0.29) is 5.54 Å². The summed E-state index contributed by atoms with van der Waals surface area (Å²) in [4.78, 5) is 8.44. The molecule has 2 aromatic carbocycles. The summed E-state index contributed by atoms with van der Waals surface area (Å²) in [7, 11) is 0. The van der Waals surface area contributed by atoms with Crippen molar-refractivity contribution in [2.24, 2.45) is 22.7 Å². The van der Waals surface area contributed by atoms with Gasteiger partial charge in [0.05, 0.1) is 5.54 Å². The molecule has 5 fully saturated rings. The van der Waals surface area contributed by atoms with E-state index in [1.54, 1.807) is 0 Å². The molecule has 36 heavy (non-hydrogen) atoms. The van der Waals surface area contributed by atoms with Gasteiger partial charge in [0.25, 0.3) is 0 Å². The van der Waals surface area contributed by atoms with Gasteiger partial charge in [-0.25, -0.2) is 0 Å². The van der Waals surface area contributed by atoms with E-state index in [0.717, 1.165) is 47.9 Å². The smallest absolute Gasteiger partial charge is 0.185 e. The van der Waals surface area contributed by atoms with Gasteiger partial charge in [-0.15, -0.1) is 11.3 Å². The summed E-state index contributed by atoms with van der Waals surface area (Å²) >= 11 is 1.96. The summed E-state index contributed by atoms with van der Waals surface area (Å²) < 4.78 is 8.58. The van der Waals surface area contributed by atoms with Gasteiger partial charge in [0.2, 0.25) is 0 Å². The van der Waals surface area contributed by atoms with Gasteiger partial charge < -0.3 is 14.6 Å². The Kier molecular flexibility index (Phi) is 5.72. The number of nitrogens with one attached hydrogen (secondary N) is 1. The first-order valence-electron chi connectivity index (χ1n) is 14.0. The first-order chi connectivity index (χ1) is 17.6. The summed E-state index contributed by atoms with van der Waals surface area (Å²) in [5.41, 5.74) is 2.89. The van der Waals surface area contributed by atoms with Gasteiger partial charge in [0, 0.05) is 35.3 Å². The van der Waals surface area contributed by atoms with Crippen molar-refractivity contribution in [1.82, 2.24) is 4.57 Å². The number of rotatable bonds is 8. The molecule has 5 saturated carbocycles. The number of aryl methyl sites for hydroxylation is 1. The zero-order valence-corrected chi connectivity index (χ0v) is 22.1. The van der Waals surface area contributed by atoms with Crippen LogP contribution in [0.5, 0.6) is 11.5 Å². The van der Waals surface area contributed by atoms with Gasteiger partial charge in [-0.1, -0.05) is 18.2 Å². The minimum absolute atomic E-state index is 0.252. The summed E-state index contributed by atoms with van der Waals surface area (Å²) in [6.07, 6.45) is 12.2. The molecule has 5 aliphatic carbocycles. The third kappa shape index (κ3) is 4.51. The predicted octanol–water partition coefficient (Wildman–Crippen LogP) is 7.51. The average molecular weight is 500 g/mol. The van der Waals surface area contributed by atoms with Crippen LogP contribution in [0.4, 0.5) is 5.69 Å². The second kappa shape index (κ2) is 9.09. The van der Waals surface area contributed by atoms with Gasteiger partial charge in [-0.05, 0) is 112 Å². The van der Waals surface area contributed by atoms with Gasteiger partial charge >= 0.3 is 0 Å². The highest BCUT2D eigenvalue weighted by molar-refractivity contribution is 7.09. The maximum atomic E-state index is 5.93. The Morgan fingerprint density at radius 1 is 0.917 bits per heavy atom. The first-order valence-corrected chi connectivity index (χ1v) is 14.8. The Morgan fingerprint density at radius 2 is 1.56 bits per heavy atom. The van der Waals surface area contributed by atoms with Crippen molar-refractivity contribution in [1.29, 1.82) is 0 Å². The minimum atomic E-state index is 0.252. The third-order valence-corrected chi connectivity index (χ3v) is 9.93. The highest BCUT2D eigenvalue weighted by atomic mass is 32.1. The van der Waals surface area contributed by atoms with Gasteiger partial charge in [0.15, 0.2) is 4.80 Å². The van der Waals surface area contributed by atoms with Crippen LogP contribution >= 0.6 is 11.3 Å². The molecule has 4 nitrogen and oxygen atoms in total. The molecule has 0 aliphatic heterocycles. The molecule has 0 amide bonds. The Balaban J connectivity index is 1.06. The second-order valence-corrected chi connectivity index (χ2v) is 13.0. The topological polar surface area (TPSA) is 38.5 Å². The molecule has 1 aromatic heterocycles. The molecular weight excluding hydrogens is 462 g/mol. The fourth-order valence-corrected chi connectivity index (χ4v) is 8.80. The fraction of sp³-hybridized carbons (Fsp3) is 0.516. The molecule has 0 atom stereocenters. The summed E-state index contributed by atoms with van der Waals surface area (Å²) in [5.74, 6) is 4.57. The molecule has 0 unspecified atom stereocenters. The van der Waals surface area contributed by atoms with Crippen LogP contribution in [0, 0.1) is 24.7 Å². The van der Waals surface area contributed by atoms with Crippen LogP contribution in [0.15, 0.2) is 59.6 Å². The summed E-state index contributed by atoms with van der Waals surface area (Å²) in [5, 5.41) is 3.64. The molecule has 1 N–H and O–H groups in total. The van der Waals surface area contributed by atoms with E-state index >= 15 is 0 Å². The number of benzene rings is 2. The quantitative estimate of drug-likeness (QED) is 0.348. The molecule has 5 aliphatic rings. The molecule has 0 saturated heterocycles. The van der Waals surface area contributed by atoms with E-state index in [1.807, 2.05) is 53.8 Å². The Labute approximate surface area is 218 Å². The number of anilines is 1. The van der Waals surface area contributed by atoms with Gasteiger partial charge in [-0.2, -0.15) is 0 Å². The maximum Gasteiger partial charge on any atom is 0.185 e. The second-order valence-electron chi connectivity index (χ2n) is 11.9. The lowest BCUT2D eigenvalue weighted by Crippen LogP contribution is -2.50. The number of hydrogen-bond donors (Lipinski definition) is 1. The fourth-order valence-electron chi connectivity index (χ4n) is 7.61. The highest BCUT2D eigenvalue weighted by Gasteiger charge is 2.51. The zero-order chi connectivity index (χ0) is 24.1. The third-order valence-electron chi connectivity index (χ3n) is 8.92. The number of para-hydroxylation sites is 1. The predicted molar refractivity (Wildman–Crippen MR) is 147 cm³/mol. The van der Waals surface area contributed by atoms with Crippen LogP contribution in [0.2, 0.25) is 0 Å². The monoisotopic (exact) mass is 499 g/mol. The number of aromatic nitrogens is 1. The van der Waals surface area contributed by atoms with E-state index in [9.17, 15) is 0 Å². The number of thiazole rings is 1. The normalized spacial score (nSPS) is 29.0. The minimum Gasteiger partial charge on any atom is -0.457 e. The van der Waals surface area contributed by atoms with Crippen molar-refractivity contribution in [3.05, 3.63) is 70.0 Å². The Morgan fingerprint density at radius 3 is 2.19 bits per heavy atom. The summed E-state index contributed by atoms with van der Waals surface area (Å²) in [6.45, 7) is 3.24. The Hall–Kier alpha value is -2.53. The van der Waals surface area contributed by atoms with Crippen LogP contribution in [0.3, 0.4) is 0 Å². The van der Waals surface area contributed by atoms with Crippen LogP contribution in [-0.4, -0.2) is 16.7 Å². The van der Waals surface area contributed by atoms with Crippen molar-refractivity contribution in [2.75, 3.05) is 11.9 Å². The molecule has 1 heterocycles. The molecular formula is C31H37N3OS. The number of hydrogen-bond acceptors (Lipinski definition) is 4. The molecule has 0 spiro atoms. The van der Waals surface area contributed by atoms with Crippen molar-refractivity contribution in [2.45, 2.75) is 76.3 Å². The van der Waals surface area contributed by atoms with E-state index in [4.69, 9.17) is 9.73 Å². The van der Waals surface area contributed by atoms with Crippen molar-refractivity contribution in [3.8, 4) is 11.5 Å². The molecule has 8 rings (SSSR count). The van der Waals surface area contributed by atoms with E-state index in [2.05, 4.69) is 28.9 Å². The van der Waals surface area contributed by atoms with E-state index < -0.39 is 0 Å². The lowest BCUT2D eigenvalue weighted by atomic mass is 9.53. The summed E-state index contributed by atoms with van der Waals surface area (Å²) in [6, 6.07) is 18.9. The lowest BCUT2D eigenvalue weighted by molar-refractivity contribution is -0.000408. The zero-order valence-electron chi connectivity index (χ0n) is 21.3. The maximum absolute atomic E-state index is 5.93. The molecule has 5 heteroatoms. The lowest BCUT2D eigenvalue weighted by Gasteiger charge is -2.54. The van der Waals surface area contributed by atoms with Crippen LogP contribution < -0.4 is 14.9 Å². The van der Waals surface area contributed by atoms with Crippen LogP contribution in [0.25, 0.3) is 0 Å². The first kappa shape index (κ1) is 22.7. The SMILES string of the molecule is Cc1sc(=NC23CC4CC(CC(C4)C2)C3)n(C2CC2)c1CCNc1ccc(Oc2ccccc2)cc1. The van der Waals surface area contributed by atoms with Gasteiger partial charge in [-0.3, -0.25) is 4.99 Å². The molecule has 3 aromatic rings. The largest absolute Gasteiger partial charge is 0.457 e. The van der Waals surface area contributed by atoms with E-state index in [0.29, 0.717) is 6.04 Å². The number of nitrogens with zero attached hydrogens (tertiary/aromatic N) is 2. The van der Waals surface area contributed by atoms with Crippen molar-refractivity contribution in [3.63, 3.8) is 0 Å². The van der Waals surface area contributed by atoms with Gasteiger partial charge in [0.1, 0.15) is 11.5 Å². The standard InChI is InChI=1S/C31H37N3OS/c1-21-29(13-14-32-25-7-11-28(12-8-25)35-27-5-3-2-4-6-27)34(26-9-10-26)30(36-21)33-31-18-22-15-23(19-31)17-24(16-22)20-31/h2-8,11-12,22-24,26,32H,9-10,13-20H2,1H3. The van der Waals surface area contributed by atoms with Crippen LogP contribution in [0.1, 0.15) is 68.0 Å².